The van der Waals surface area contributed by atoms with Gasteiger partial charge in [0.2, 0.25) is 0 Å². The van der Waals surface area contributed by atoms with E-state index in [-0.39, 0.29) is 19.6 Å². The van der Waals surface area contributed by atoms with Crippen LogP contribution in [0.3, 0.4) is 0 Å². The number of aryl methyl sites for hydroxylation is 1. The van der Waals surface area contributed by atoms with Crippen LogP contribution in [-0.4, -0.2) is 72.1 Å². The van der Waals surface area contributed by atoms with Gasteiger partial charge in [0.25, 0.3) is 0 Å². The zero-order valence-corrected chi connectivity index (χ0v) is 18.9. The third-order valence-electron chi connectivity index (χ3n) is 5.87. The highest BCUT2D eigenvalue weighted by molar-refractivity contribution is 7.53. The molecule has 5 heterocycles. The Morgan fingerprint density at radius 3 is 2.88 bits per heavy atom. The fourth-order valence-corrected chi connectivity index (χ4v) is 5.50. The van der Waals surface area contributed by atoms with Gasteiger partial charge in [-0.1, -0.05) is 0 Å². The predicted molar refractivity (Wildman–Crippen MR) is 113 cm³/mol. The van der Waals surface area contributed by atoms with Gasteiger partial charge in [-0.25, -0.2) is 15.0 Å². The van der Waals surface area contributed by atoms with E-state index < -0.39 is 37.7 Å². The van der Waals surface area contributed by atoms with Crippen LogP contribution in [0, 0.1) is 6.92 Å². The standard InChI is InChI=1S/C20H24N5O7P/c1-12-16-18(23-9-22-12)25(10-24-16)19-20(2,27)17(26)15(31-19)8-30-33(28)11-29-7-14(32-33)13-3-5-21-6-4-13/h3-6,9-10,14-15,17,19,26-27H,7-8,11H2,1-2H3/t14?,15-,17-,19-,20-,33?/m1/s1. The normalized spacial score (nSPS) is 34.7. The van der Waals surface area contributed by atoms with Crippen LogP contribution in [0.4, 0.5) is 0 Å². The lowest BCUT2D eigenvalue weighted by Gasteiger charge is -2.30. The summed E-state index contributed by atoms with van der Waals surface area (Å²) in [6.45, 7) is 3.19. The van der Waals surface area contributed by atoms with Gasteiger partial charge >= 0.3 is 7.60 Å². The molecule has 2 aliphatic heterocycles. The third kappa shape index (κ3) is 4.08. The molecule has 2 unspecified atom stereocenters. The van der Waals surface area contributed by atoms with E-state index in [0.717, 1.165) is 5.56 Å². The number of aliphatic hydroxyl groups is 2. The van der Waals surface area contributed by atoms with E-state index in [4.69, 9.17) is 18.5 Å². The van der Waals surface area contributed by atoms with Crippen LogP contribution in [0.15, 0.2) is 37.2 Å². The molecule has 2 fully saturated rings. The maximum absolute atomic E-state index is 13.1. The first-order chi connectivity index (χ1) is 15.8. The number of pyridine rings is 1. The van der Waals surface area contributed by atoms with Crippen LogP contribution < -0.4 is 0 Å². The van der Waals surface area contributed by atoms with Crippen LogP contribution in [0.5, 0.6) is 0 Å². The molecule has 0 spiro atoms. The molecule has 0 radical (unpaired) electrons. The molecular formula is C20H24N5O7P. The maximum atomic E-state index is 13.1. The van der Waals surface area contributed by atoms with Gasteiger partial charge < -0.3 is 24.2 Å². The van der Waals surface area contributed by atoms with Crippen molar-refractivity contribution in [3.05, 3.63) is 48.4 Å². The molecule has 3 aromatic rings. The number of hydrogen-bond donors (Lipinski definition) is 2. The molecule has 0 aromatic carbocycles. The molecule has 12 nitrogen and oxygen atoms in total. The number of rotatable bonds is 5. The Balaban J connectivity index is 1.31. The number of ether oxygens (including phenoxy) is 2. The minimum Gasteiger partial charge on any atom is -0.387 e. The summed E-state index contributed by atoms with van der Waals surface area (Å²) in [6.07, 6.45) is 1.96. The molecule has 0 aliphatic carbocycles. The smallest absolute Gasteiger partial charge is 0.356 e. The fourth-order valence-electron chi connectivity index (χ4n) is 4.03. The molecule has 2 saturated heterocycles. The van der Waals surface area contributed by atoms with Gasteiger partial charge in [-0.05, 0) is 31.5 Å². The van der Waals surface area contributed by atoms with E-state index in [0.29, 0.717) is 16.9 Å². The van der Waals surface area contributed by atoms with Gasteiger partial charge in [-0.3, -0.25) is 18.6 Å². The highest BCUT2D eigenvalue weighted by atomic mass is 31.2. The first kappa shape index (κ1) is 22.5. The molecule has 33 heavy (non-hydrogen) atoms. The first-order valence-electron chi connectivity index (χ1n) is 10.4. The number of aromatic nitrogens is 5. The van der Waals surface area contributed by atoms with E-state index in [1.54, 1.807) is 31.5 Å². The van der Waals surface area contributed by atoms with Crippen LogP contribution in [0.1, 0.15) is 30.5 Å². The van der Waals surface area contributed by atoms with Gasteiger partial charge in [0.05, 0.1) is 25.2 Å². The third-order valence-corrected chi connectivity index (χ3v) is 7.49. The zero-order valence-electron chi connectivity index (χ0n) is 18.0. The Bertz CT molecular complexity index is 1190. The van der Waals surface area contributed by atoms with E-state index >= 15 is 0 Å². The maximum Gasteiger partial charge on any atom is 0.356 e. The second-order valence-electron chi connectivity index (χ2n) is 8.26. The summed E-state index contributed by atoms with van der Waals surface area (Å²) in [5, 5.41) is 21.8. The second-order valence-corrected chi connectivity index (χ2v) is 10.2. The molecule has 5 rings (SSSR count). The fraction of sp³-hybridized carbons (Fsp3) is 0.500. The molecule has 3 aromatic heterocycles. The Labute approximate surface area is 189 Å². The van der Waals surface area contributed by atoms with Crippen molar-refractivity contribution in [2.24, 2.45) is 0 Å². The summed E-state index contributed by atoms with van der Waals surface area (Å²) in [5.41, 5.74) is 0.758. The van der Waals surface area contributed by atoms with Crippen molar-refractivity contribution in [1.29, 1.82) is 0 Å². The number of imidazole rings is 1. The summed E-state index contributed by atoms with van der Waals surface area (Å²) in [7, 11) is -3.64. The Morgan fingerprint density at radius 1 is 1.30 bits per heavy atom. The van der Waals surface area contributed by atoms with Crippen molar-refractivity contribution >= 4 is 18.8 Å². The van der Waals surface area contributed by atoms with Crippen molar-refractivity contribution < 1.29 is 33.3 Å². The quantitative estimate of drug-likeness (QED) is 0.514. The van der Waals surface area contributed by atoms with Crippen molar-refractivity contribution in [3.63, 3.8) is 0 Å². The van der Waals surface area contributed by atoms with Gasteiger partial charge in [-0.2, -0.15) is 0 Å². The van der Waals surface area contributed by atoms with E-state index in [1.807, 2.05) is 0 Å². The molecular weight excluding hydrogens is 453 g/mol. The van der Waals surface area contributed by atoms with E-state index in [2.05, 4.69) is 19.9 Å². The first-order valence-corrected chi connectivity index (χ1v) is 12.1. The molecule has 13 heteroatoms. The van der Waals surface area contributed by atoms with E-state index in [1.165, 1.54) is 24.1 Å². The lowest BCUT2D eigenvalue weighted by atomic mass is 9.96. The number of hydrogen-bond acceptors (Lipinski definition) is 11. The Kier molecular flexibility index (Phi) is 5.78. The minimum atomic E-state index is -3.64. The molecule has 0 amide bonds. The summed E-state index contributed by atoms with van der Waals surface area (Å²) in [4.78, 5) is 16.6. The zero-order chi connectivity index (χ0) is 23.2. The van der Waals surface area contributed by atoms with Crippen molar-refractivity contribution in [2.75, 3.05) is 19.6 Å². The van der Waals surface area contributed by atoms with Gasteiger partial charge in [0.15, 0.2) is 11.9 Å². The highest BCUT2D eigenvalue weighted by Crippen LogP contribution is 2.55. The van der Waals surface area contributed by atoms with Crippen molar-refractivity contribution in [3.8, 4) is 0 Å². The van der Waals surface area contributed by atoms with Gasteiger partial charge in [0.1, 0.15) is 42.1 Å². The summed E-state index contributed by atoms with van der Waals surface area (Å²) in [6, 6.07) is 3.49. The molecule has 0 saturated carbocycles. The summed E-state index contributed by atoms with van der Waals surface area (Å²) in [5.74, 6) is 0. The summed E-state index contributed by atoms with van der Waals surface area (Å²) < 4.78 is 37.4. The van der Waals surface area contributed by atoms with Crippen molar-refractivity contribution in [2.45, 2.75) is 44.0 Å². The van der Waals surface area contributed by atoms with Gasteiger partial charge in [0, 0.05) is 12.4 Å². The number of aliphatic hydroxyl groups excluding tert-OH is 1. The summed E-state index contributed by atoms with van der Waals surface area (Å²) >= 11 is 0. The minimum absolute atomic E-state index is 0.223. The van der Waals surface area contributed by atoms with Crippen LogP contribution in [-0.2, 0) is 23.1 Å². The SMILES string of the molecule is Cc1ncnc2c1ncn2[C@@H]1O[C@H](COP2(=O)COCC(c3ccncc3)O2)[C@@H](O)[C@@]1(C)O. The predicted octanol–water partition coefficient (Wildman–Crippen LogP) is 1.49. The van der Waals surface area contributed by atoms with Crippen molar-refractivity contribution in [1.82, 2.24) is 24.5 Å². The average molecular weight is 477 g/mol. The van der Waals surface area contributed by atoms with Crippen LogP contribution >= 0.6 is 7.60 Å². The largest absolute Gasteiger partial charge is 0.387 e. The Hall–Kier alpha value is -2.31. The van der Waals surface area contributed by atoms with Crippen LogP contribution in [0.25, 0.3) is 11.2 Å². The molecule has 6 atom stereocenters. The average Bonchev–Trinajstić information content (AvgIpc) is 3.33. The van der Waals surface area contributed by atoms with E-state index in [9.17, 15) is 14.8 Å². The molecule has 0 bridgehead atoms. The lowest BCUT2D eigenvalue weighted by Crippen LogP contribution is -2.44. The van der Waals surface area contributed by atoms with Gasteiger partial charge in [-0.15, -0.1) is 0 Å². The molecule has 2 aliphatic rings. The highest BCUT2D eigenvalue weighted by Gasteiger charge is 2.54. The molecule has 2 N–H and O–H groups in total. The Morgan fingerprint density at radius 2 is 2.09 bits per heavy atom. The van der Waals surface area contributed by atoms with Crippen LogP contribution in [0.2, 0.25) is 0 Å². The number of fused-ring (bicyclic) bond motifs is 1. The lowest BCUT2D eigenvalue weighted by molar-refractivity contribution is -0.0951. The topological polar surface area (TPSA) is 151 Å². The number of nitrogens with zero attached hydrogens (tertiary/aromatic N) is 5. The molecule has 176 valence electrons. The monoisotopic (exact) mass is 477 g/mol. The second kappa shape index (κ2) is 8.48.